The van der Waals surface area contributed by atoms with Crippen LogP contribution in [0.25, 0.3) is 27.6 Å². The van der Waals surface area contributed by atoms with Crippen molar-refractivity contribution in [2.24, 2.45) is 0 Å². The maximum atomic E-state index is 7.15. The summed E-state index contributed by atoms with van der Waals surface area (Å²) in [6, 6.07) is 53.7. The van der Waals surface area contributed by atoms with Crippen LogP contribution in [0, 0.1) is 0 Å². The third-order valence-corrected chi connectivity index (χ3v) is 15.1. The molecule has 0 saturated heterocycles. The maximum absolute atomic E-state index is 7.15. The average Bonchev–Trinajstić information content (AvgIpc) is 3.92. The lowest BCUT2D eigenvalue weighted by Crippen LogP contribution is -2.34. The first-order valence-electron chi connectivity index (χ1n) is 25.6. The molecule has 5 nitrogen and oxygen atoms in total. The summed E-state index contributed by atoms with van der Waals surface area (Å²) in [5, 5.41) is 2.37. The first kappa shape index (κ1) is 49.4. The van der Waals surface area contributed by atoms with E-state index in [2.05, 4.69) is 277 Å². The van der Waals surface area contributed by atoms with Crippen molar-refractivity contribution in [3.05, 3.63) is 203 Å². The summed E-state index contributed by atoms with van der Waals surface area (Å²) < 4.78 is 9.48. The van der Waals surface area contributed by atoms with Crippen molar-refractivity contribution in [1.29, 1.82) is 0 Å². The predicted octanol–water partition coefficient (Wildman–Crippen LogP) is 17.6. The minimum Gasteiger partial charge on any atom is -0.457 e. The SMILES string of the molecule is CC(C)(C)c1cc(Oc2ccc3c4cc(C(C)(C)C)ccc4n(-c4cc(C(C)(C)c5ccccc5)ccn4)c3c2)cc(N2CN(c3cc(C(C)(C)C)cc(C(C)(C)C)c3)C=C2C(C)(C)c2ccccc2)c1. The molecule has 1 aliphatic heterocycles. The van der Waals surface area contributed by atoms with Gasteiger partial charge in [0, 0.05) is 63.2 Å². The molecule has 0 N–H and O–H groups in total. The minimum atomic E-state index is -0.323. The topological polar surface area (TPSA) is 33.5 Å². The molecule has 0 fully saturated rings. The molecule has 0 spiro atoms. The molecule has 0 radical (unpaired) electrons. The molecule has 71 heavy (non-hydrogen) atoms. The van der Waals surface area contributed by atoms with E-state index in [1.165, 1.54) is 55.7 Å². The van der Waals surface area contributed by atoms with Crippen LogP contribution in [0.3, 0.4) is 0 Å². The van der Waals surface area contributed by atoms with Crippen molar-refractivity contribution in [3.8, 4) is 17.3 Å². The highest BCUT2D eigenvalue weighted by atomic mass is 16.5. The lowest BCUT2D eigenvalue weighted by molar-refractivity contribution is 0.479. The van der Waals surface area contributed by atoms with Crippen LogP contribution in [0.1, 0.15) is 150 Å². The molecule has 0 aliphatic carbocycles. The van der Waals surface area contributed by atoms with Gasteiger partial charge in [0.25, 0.3) is 0 Å². The molecule has 6 aromatic carbocycles. The van der Waals surface area contributed by atoms with E-state index in [1.54, 1.807) is 0 Å². The second-order valence-corrected chi connectivity index (χ2v) is 25.3. The summed E-state index contributed by atoms with van der Waals surface area (Å²) in [5.41, 5.74) is 13.9. The molecule has 0 bridgehead atoms. The van der Waals surface area contributed by atoms with Crippen LogP contribution < -0.4 is 14.5 Å². The predicted molar refractivity (Wildman–Crippen MR) is 302 cm³/mol. The molecule has 8 aromatic rings. The van der Waals surface area contributed by atoms with E-state index >= 15 is 0 Å². The van der Waals surface area contributed by atoms with Crippen molar-refractivity contribution in [1.82, 2.24) is 9.55 Å². The summed E-state index contributed by atoms with van der Waals surface area (Å²) in [7, 11) is 0. The third kappa shape index (κ3) is 9.65. The van der Waals surface area contributed by atoms with E-state index in [1.807, 2.05) is 6.20 Å². The number of nitrogens with zero attached hydrogens (tertiary/aromatic N) is 4. The van der Waals surface area contributed by atoms with Gasteiger partial charge >= 0.3 is 0 Å². The number of pyridine rings is 1. The van der Waals surface area contributed by atoms with E-state index in [4.69, 9.17) is 9.72 Å². The summed E-state index contributed by atoms with van der Waals surface area (Å²) >= 11 is 0. The Kier molecular flexibility index (Phi) is 12.3. The molecule has 3 heterocycles. The normalized spacial score (nSPS) is 14.2. The number of hydrogen-bond donors (Lipinski definition) is 0. The molecule has 1 aliphatic rings. The van der Waals surface area contributed by atoms with E-state index in [0.29, 0.717) is 6.67 Å². The zero-order valence-electron chi connectivity index (χ0n) is 45.4. The molecule has 5 heteroatoms. The van der Waals surface area contributed by atoms with Crippen molar-refractivity contribution < 1.29 is 4.74 Å². The number of rotatable bonds is 9. The highest BCUT2D eigenvalue weighted by Gasteiger charge is 2.37. The second kappa shape index (κ2) is 17.6. The smallest absolute Gasteiger partial charge is 0.137 e. The summed E-state index contributed by atoms with van der Waals surface area (Å²) in [5.74, 6) is 2.45. The minimum absolute atomic E-state index is 0.00880. The molecule has 0 unspecified atom stereocenters. The van der Waals surface area contributed by atoms with Crippen LogP contribution in [0.15, 0.2) is 164 Å². The monoisotopic (exact) mass is 941 g/mol. The van der Waals surface area contributed by atoms with Crippen LogP contribution in [0.5, 0.6) is 11.5 Å². The van der Waals surface area contributed by atoms with Crippen molar-refractivity contribution in [3.63, 3.8) is 0 Å². The Morgan fingerprint density at radius 1 is 0.408 bits per heavy atom. The van der Waals surface area contributed by atoms with Crippen LogP contribution in [0.4, 0.5) is 11.4 Å². The fraction of sp³-hybridized carbons (Fsp3) is 0.348. The maximum Gasteiger partial charge on any atom is 0.137 e. The third-order valence-electron chi connectivity index (χ3n) is 15.1. The Labute approximate surface area is 425 Å². The van der Waals surface area contributed by atoms with Crippen LogP contribution in [-0.4, -0.2) is 16.2 Å². The van der Waals surface area contributed by atoms with Gasteiger partial charge in [-0.25, -0.2) is 4.98 Å². The Hall–Kier alpha value is -6.59. The number of anilines is 2. The number of hydrogen-bond acceptors (Lipinski definition) is 4. The Balaban J connectivity index is 1.18. The van der Waals surface area contributed by atoms with Gasteiger partial charge in [0.1, 0.15) is 17.3 Å². The summed E-state index contributed by atoms with van der Waals surface area (Å²) in [4.78, 5) is 10.1. The van der Waals surface area contributed by atoms with Crippen molar-refractivity contribution in [2.45, 2.75) is 143 Å². The fourth-order valence-corrected chi connectivity index (χ4v) is 10.1. The van der Waals surface area contributed by atoms with Gasteiger partial charge in [-0.3, -0.25) is 4.57 Å². The van der Waals surface area contributed by atoms with Gasteiger partial charge in [-0.1, -0.05) is 184 Å². The van der Waals surface area contributed by atoms with Gasteiger partial charge in [-0.05, 0) is 121 Å². The zero-order chi connectivity index (χ0) is 51.1. The van der Waals surface area contributed by atoms with E-state index in [0.717, 1.165) is 39.4 Å². The Morgan fingerprint density at radius 3 is 1.56 bits per heavy atom. The van der Waals surface area contributed by atoms with Gasteiger partial charge in [-0.2, -0.15) is 0 Å². The Bertz CT molecular complexity index is 3260. The standard InChI is InChI=1S/C66H76N4O/c1-61(2,3)46-27-30-57-56(38-46)55-29-28-53(41-58(55)70(57)60-39-47(31-32-67-60)65(13,14)44-23-19-17-20-24-44)71-54-37-50(64(10,11)12)36-52(40-54)69-43-68(42-59(69)66(15,16)45-25-21-18-22-26-45)51-34-48(62(4,5)6)33-49(35-51)63(7,8)9/h17-42H,43H2,1-16H3. The van der Waals surface area contributed by atoms with Gasteiger partial charge in [0.2, 0.25) is 0 Å². The first-order valence-corrected chi connectivity index (χ1v) is 25.6. The Morgan fingerprint density at radius 2 is 0.972 bits per heavy atom. The molecule has 2 aromatic heterocycles. The molecule has 9 rings (SSSR count). The number of aromatic nitrogens is 2. The molecule has 366 valence electrons. The number of ether oxygens (including phenoxy) is 1. The van der Waals surface area contributed by atoms with Crippen LogP contribution in [-0.2, 0) is 32.5 Å². The van der Waals surface area contributed by atoms with Gasteiger partial charge < -0.3 is 14.5 Å². The number of allylic oxidation sites excluding steroid dienone is 1. The molecular formula is C66H76N4O. The highest BCUT2D eigenvalue weighted by molar-refractivity contribution is 6.09. The van der Waals surface area contributed by atoms with Gasteiger partial charge in [0.05, 0.1) is 17.7 Å². The largest absolute Gasteiger partial charge is 0.457 e. The summed E-state index contributed by atoms with van der Waals surface area (Å²) in [6.45, 7) is 37.6. The quantitative estimate of drug-likeness (QED) is 0.144. The number of benzene rings is 6. The van der Waals surface area contributed by atoms with E-state index < -0.39 is 0 Å². The second-order valence-electron chi connectivity index (χ2n) is 25.3. The molecular weight excluding hydrogens is 865 g/mol. The molecule has 0 amide bonds. The average molecular weight is 941 g/mol. The van der Waals surface area contributed by atoms with Crippen molar-refractivity contribution in [2.75, 3.05) is 16.5 Å². The van der Waals surface area contributed by atoms with Crippen LogP contribution >= 0.6 is 0 Å². The van der Waals surface area contributed by atoms with E-state index in [-0.39, 0.29) is 32.5 Å². The molecule has 0 saturated carbocycles. The van der Waals surface area contributed by atoms with Crippen molar-refractivity contribution >= 4 is 33.2 Å². The lowest BCUT2D eigenvalue weighted by atomic mass is 9.78. The van der Waals surface area contributed by atoms with Gasteiger partial charge in [0.15, 0.2) is 0 Å². The number of fused-ring (bicyclic) bond motifs is 3. The highest BCUT2D eigenvalue weighted by Crippen LogP contribution is 2.45. The van der Waals surface area contributed by atoms with E-state index in [9.17, 15) is 0 Å². The fourth-order valence-electron chi connectivity index (χ4n) is 10.1. The van der Waals surface area contributed by atoms with Gasteiger partial charge in [-0.15, -0.1) is 0 Å². The molecule has 0 atom stereocenters. The first-order chi connectivity index (χ1) is 33.2. The lowest BCUT2D eigenvalue weighted by Gasteiger charge is -2.35. The van der Waals surface area contributed by atoms with Crippen LogP contribution in [0.2, 0.25) is 0 Å². The summed E-state index contributed by atoms with van der Waals surface area (Å²) in [6.07, 6.45) is 4.36. The zero-order valence-corrected chi connectivity index (χ0v) is 45.4.